The fourth-order valence-electron chi connectivity index (χ4n) is 4.09. The fraction of sp³-hybridized carbons (Fsp3) is 0.435. The van der Waals surface area contributed by atoms with Crippen LogP contribution in [0.15, 0.2) is 23.0 Å². The highest BCUT2D eigenvalue weighted by molar-refractivity contribution is 7.18. The van der Waals surface area contributed by atoms with Crippen LogP contribution in [0.3, 0.4) is 0 Å². The van der Waals surface area contributed by atoms with E-state index < -0.39 is 17.6 Å². The van der Waals surface area contributed by atoms with E-state index in [1.165, 1.54) is 17.4 Å². The summed E-state index contributed by atoms with van der Waals surface area (Å²) in [6.07, 6.45) is -1.36. The molecule has 1 saturated heterocycles. The number of fused-ring (bicyclic) bond motifs is 1. The van der Waals surface area contributed by atoms with Crippen LogP contribution in [0.5, 0.6) is 0 Å². The lowest BCUT2D eigenvalue weighted by molar-refractivity contribution is -0.137. The lowest BCUT2D eigenvalue weighted by Gasteiger charge is -2.31. The van der Waals surface area contributed by atoms with E-state index in [0.717, 1.165) is 54.9 Å². The predicted molar refractivity (Wildman–Crippen MR) is 124 cm³/mol. The second-order valence-electron chi connectivity index (χ2n) is 8.30. The van der Waals surface area contributed by atoms with Crippen molar-refractivity contribution in [2.45, 2.75) is 52.1 Å². The highest BCUT2D eigenvalue weighted by Crippen LogP contribution is 2.36. The summed E-state index contributed by atoms with van der Waals surface area (Å²) < 4.78 is 39.8. The molecule has 0 radical (unpaired) electrons. The van der Waals surface area contributed by atoms with E-state index in [1.807, 2.05) is 18.7 Å². The fourth-order valence-corrected chi connectivity index (χ4v) is 5.13. The van der Waals surface area contributed by atoms with E-state index in [-0.39, 0.29) is 24.1 Å². The van der Waals surface area contributed by atoms with Crippen molar-refractivity contribution in [1.29, 1.82) is 0 Å². The van der Waals surface area contributed by atoms with Gasteiger partial charge < -0.3 is 15.2 Å². The number of hydrogen-bond donors (Lipinski definition) is 2. The van der Waals surface area contributed by atoms with Gasteiger partial charge in [0.25, 0.3) is 5.56 Å². The van der Waals surface area contributed by atoms with Crippen molar-refractivity contribution in [3.63, 3.8) is 0 Å². The highest BCUT2D eigenvalue weighted by atomic mass is 32.1. The van der Waals surface area contributed by atoms with Gasteiger partial charge in [-0.3, -0.25) is 9.59 Å². The second kappa shape index (κ2) is 9.17. The summed E-state index contributed by atoms with van der Waals surface area (Å²) in [5, 5.41) is 3.21. The zero-order valence-electron chi connectivity index (χ0n) is 18.4. The predicted octanol–water partition coefficient (Wildman–Crippen LogP) is 5.18. The molecule has 0 saturated carbocycles. The Morgan fingerprint density at radius 3 is 2.64 bits per heavy atom. The smallest absolute Gasteiger partial charge is 0.370 e. The highest BCUT2D eigenvalue weighted by Gasteiger charge is 2.32. The number of halogens is 3. The molecule has 4 rings (SSSR count). The summed E-state index contributed by atoms with van der Waals surface area (Å²) in [6.45, 7) is 5.26. The van der Waals surface area contributed by atoms with Crippen LogP contribution in [0, 0.1) is 13.8 Å². The molecule has 176 valence electrons. The number of carbonyl (C=O) groups excluding carboxylic acids is 1. The molecule has 1 aliphatic heterocycles. The Balaban J connectivity index is 1.52. The van der Waals surface area contributed by atoms with Crippen molar-refractivity contribution < 1.29 is 18.0 Å². The molecule has 1 aliphatic rings. The first-order chi connectivity index (χ1) is 15.6. The molecule has 0 spiro atoms. The van der Waals surface area contributed by atoms with Gasteiger partial charge in [-0.25, -0.2) is 4.98 Å². The molecule has 10 heteroatoms. The third-order valence-electron chi connectivity index (χ3n) is 5.97. The number of piperidine rings is 1. The molecule has 6 nitrogen and oxygen atoms in total. The summed E-state index contributed by atoms with van der Waals surface area (Å²) in [5.41, 5.74) is 0.579. The summed E-state index contributed by atoms with van der Waals surface area (Å²) in [6, 6.07) is 3.47. The van der Waals surface area contributed by atoms with Gasteiger partial charge in [-0.1, -0.05) is 0 Å². The van der Waals surface area contributed by atoms with Crippen LogP contribution in [0.4, 0.5) is 24.5 Å². The largest absolute Gasteiger partial charge is 0.416 e. The van der Waals surface area contributed by atoms with E-state index in [4.69, 9.17) is 0 Å². The minimum absolute atomic E-state index is 0.0204. The SMILES string of the molecule is Cc1sc2nc(CCC(=O)Nc3cc(C(F)(F)F)ccc3N3CCCCC3)[nH]c(=O)c2c1C. The number of hydrogen-bond acceptors (Lipinski definition) is 5. The number of rotatable bonds is 5. The van der Waals surface area contributed by atoms with Crippen molar-refractivity contribution in [3.8, 4) is 0 Å². The Morgan fingerprint density at radius 1 is 1.21 bits per heavy atom. The third-order valence-corrected chi connectivity index (χ3v) is 7.07. The molecule has 1 fully saturated rings. The number of benzene rings is 1. The maximum absolute atomic E-state index is 13.3. The Labute approximate surface area is 192 Å². The van der Waals surface area contributed by atoms with Crippen molar-refractivity contribution >= 4 is 38.8 Å². The first-order valence-electron chi connectivity index (χ1n) is 10.9. The van der Waals surface area contributed by atoms with E-state index >= 15 is 0 Å². The Kier molecular flexibility index (Phi) is 6.47. The molecule has 0 atom stereocenters. The first-order valence-corrected chi connectivity index (χ1v) is 11.7. The maximum atomic E-state index is 13.3. The van der Waals surface area contributed by atoms with Crippen LogP contribution < -0.4 is 15.8 Å². The lowest BCUT2D eigenvalue weighted by atomic mass is 10.1. The molecule has 2 N–H and O–H groups in total. The van der Waals surface area contributed by atoms with Gasteiger partial charge in [0.1, 0.15) is 10.7 Å². The Morgan fingerprint density at radius 2 is 1.94 bits per heavy atom. The maximum Gasteiger partial charge on any atom is 0.416 e. The summed E-state index contributed by atoms with van der Waals surface area (Å²) in [4.78, 5) is 35.9. The average Bonchev–Trinajstić information content (AvgIpc) is 3.06. The van der Waals surface area contributed by atoms with E-state index in [9.17, 15) is 22.8 Å². The molecule has 3 aromatic rings. The van der Waals surface area contributed by atoms with Crippen molar-refractivity contribution in [2.75, 3.05) is 23.3 Å². The van der Waals surface area contributed by atoms with E-state index in [2.05, 4.69) is 15.3 Å². The second-order valence-corrected chi connectivity index (χ2v) is 9.50. The first kappa shape index (κ1) is 23.3. The number of anilines is 2. The van der Waals surface area contributed by atoms with Gasteiger partial charge in [-0.2, -0.15) is 13.2 Å². The molecule has 0 unspecified atom stereocenters. The Hall–Kier alpha value is -2.88. The molecule has 0 bridgehead atoms. The van der Waals surface area contributed by atoms with Gasteiger partial charge in [0, 0.05) is 30.8 Å². The molecule has 33 heavy (non-hydrogen) atoms. The van der Waals surface area contributed by atoms with Crippen LogP contribution in [0.1, 0.15) is 47.5 Å². The number of thiophene rings is 1. The van der Waals surface area contributed by atoms with Crippen molar-refractivity contribution in [2.24, 2.45) is 0 Å². The molecule has 0 aliphatic carbocycles. The molecular formula is C23H25F3N4O2S. The molecular weight excluding hydrogens is 453 g/mol. The van der Waals surface area contributed by atoms with Crippen LogP contribution in [0.25, 0.3) is 10.2 Å². The number of carbonyl (C=O) groups is 1. The zero-order valence-corrected chi connectivity index (χ0v) is 19.3. The molecule has 1 amide bonds. The number of nitrogens with one attached hydrogen (secondary N) is 2. The summed E-state index contributed by atoms with van der Waals surface area (Å²) >= 11 is 1.42. The number of alkyl halides is 3. The molecule has 1 aromatic carbocycles. The molecule has 3 heterocycles. The van der Waals surface area contributed by atoms with Gasteiger partial charge in [-0.15, -0.1) is 11.3 Å². The van der Waals surface area contributed by atoms with Crippen molar-refractivity contribution in [3.05, 3.63) is 50.4 Å². The van der Waals surface area contributed by atoms with Gasteiger partial charge in [0.15, 0.2) is 0 Å². The number of H-pyrrole nitrogens is 1. The molecule has 2 aromatic heterocycles. The Bertz CT molecular complexity index is 1240. The summed E-state index contributed by atoms with van der Waals surface area (Å²) in [7, 11) is 0. The lowest BCUT2D eigenvalue weighted by Crippen LogP contribution is -2.30. The minimum Gasteiger partial charge on any atom is -0.370 e. The third kappa shape index (κ3) is 5.05. The van der Waals surface area contributed by atoms with Crippen LogP contribution in [0.2, 0.25) is 0 Å². The number of aromatic nitrogens is 2. The monoisotopic (exact) mass is 478 g/mol. The summed E-state index contributed by atoms with van der Waals surface area (Å²) in [5.74, 6) is -0.0573. The normalized spacial score (nSPS) is 14.6. The zero-order chi connectivity index (χ0) is 23.8. The minimum atomic E-state index is -4.50. The number of aromatic amines is 1. The van der Waals surface area contributed by atoms with E-state index in [0.29, 0.717) is 21.7 Å². The van der Waals surface area contributed by atoms with Crippen LogP contribution in [-0.2, 0) is 17.4 Å². The van der Waals surface area contributed by atoms with Gasteiger partial charge in [-0.05, 0) is 56.9 Å². The van der Waals surface area contributed by atoms with Crippen LogP contribution in [-0.4, -0.2) is 29.0 Å². The van der Waals surface area contributed by atoms with Crippen molar-refractivity contribution in [1.82, 2.24) is 9.97 Å². The van der Waals surface area contributed by atoms with Gasteiger partial charge >= 0.3 is 6.18 Å². The van der Waals surface area contributed by atoms with E-state index in [1.54, 1.807) is 0 Å². The average molecular weight is 479 g/mol. The topological polar surface area (TPSA) is 78.1 Å². The van der Waals surface area contributed by atoms with Gasteiger partial charge in [0.2, 0.25) is 5.91 Å². The number of amides is 1. The van der Waals surface area contributed by atoms with Gasteiger partial charge in [0.05, 0.1) is 22.3 Å². The van der Waals surface area contributed by atoms with Crippen LogP contribution >= 0.6 is 11.3 Å². The standard InChI is InChI=1S/C23H25F3N4O2S/c1-13-14(2)33-22-20(13)21(32)28-18(29-22)8-9-19(31)27-16-12-15(23(24,25)26)6-7-17(16)30-10-4-3-5-11-30/h6-7,12H,3-5,8-11H2,1-2H3,(H,27,31)(H,28,29,32). The number of nitrogens with zero attached hydrogens (tertiary/aromatic N) is 2. The number of aryl methyl sites for hydroxylation is 3. The quantitative estimate of drug-likeness (QED) is 0.530.